The summed E-state index contributed by atoms with van der Waals surface area (Å²) in [6, 6.07) is 7.20. The van der Waals surface area contributed by atoms with Gasteiger partial charge in [0.2, 0.25) is 5.88 Å². The smallest absolute Gasteiger partial charge is 0.326 e. The van der Waals surface area contributed by atoms with Crippen LogP contribution in [0.5, 0.6) is 5.88 Å². The molecule has 2 heterocycles. The van der Waals surface area contributed by atoms with Crippen molar-refractivity contribution in [1.29, 1.82) is 0 Å². The van der Waals surface area contributed by atoms with E-state index in [1.807, 2.05) is 12.1 Å². The molecule has 0 aliphatic heterocycles. The Kier molecular flexibility index (Phi) is 2.87. The summed E-state index contributed by atoms with van der Waals surface area (Å²) in [6.07, 6.45) is 1.47. The molecule has 0 aliphatic rings. The molecule has 20 heavy (non-hydrogen) atoms. The van der Waals surface area contributed by atoms with Gasteiger partial charge in [0, 0.05) is 11.2 Å². The molecule has 0 amide bonds. The standard InChI is InChI=1S/C13H10ClN3O3/c14-9-4-2-1-3-7(9)5-17-6-8-10(12(17)19)15-13(20)16-11(8)18/h1-4,6,19H,5H2,(H2,15,16,18,20). The zero-order valence-corrected chi connectivity index (χ0v) is 10.9. The van der Waals surface area contributed by atoms with Gasteiger partial charge in [0.05, 0.1) is 11.9 Å². The number of H-pyrrole nitrogens is 2. The fourth-order valence-corrected chi connectivity index (χ4v) is 2.28. The van der Waals surface area contributed by atoms with Crippen molar-refractivity contribution < 1.29 is 5.11 Å². The number of hydrogen-bond donors (Lipinski definition) is 3. The Balaban J connectivity index is 2.16. The van der Waals surface area contributed by atoms with Crippen LogP contribution in [-0.4, -0.2) is 19.6 Å². The minimum Gasteiger partial charge on any atom is -0.493 e. The first-order valence-corrected chi connectivity index (χ1v) is 6.22. The molecule has 3 rings (SSSR count). The average molecular weight is 292 g/mol. The third-order valence-corrected chi connectivity index (χ3v) is 3.43. The zero-order valence-electron chi connectivity index (χ0n) is 10.2. The maximum absolute atomic E-state index is 11.7. The van der Waals surface area contributed by atoms with Crippen LogP contribution in [0.25, 0.3) is 10.9 Å². The topological polar surface area (TPSA) is 90.9 Å². The molecule has 6 nitrogen and oxygen atoms in total. The fourth-order valence-electron chi connectivity index (χ4n) is 2.09. The van der Waals surface area contributed by atoms with Crippen molar-refractivity contribution in [2.45, 2.75) is 6.54 Å². The third kappa shape index (κ3) is 2.00. The number of nitrogens with zero attached hydrogens (tertiary/aromatic N) is 1. The average Bonchev–Trinajstić information content (AvgIpc) is 2.71. The Morgan fingerprint density at radius 1 is 1.20 bits per heavy atom. The molecule has 0 unspecified atom stereocenters. The molecule has 0 saturated carbocycles. The molecule has 0 atom stereocenters. The van der Waals surface area contributed by atoms with Crippen LogP contribution in [0, 0.1) is 0 Å². The number of aromatic amines is 2. The quantitative estimate of drug-likeness (QED) is 0.667. The highest BCUT2D eigenvalue weighted by molar-refractivity contribution is 6.31. The van der Waals surface area contributed by atoms with Crippen LogP contribution in [0.2, 0.25) is 5.02 Å². The molecule has 3 aromatic rings. The third-order valence-electron chi connectivity index (χ3n) is 3.06. The van der Waals surface area contributed by atoms with E-state index in [4.69, 9.17) is 11.6 Å². The molecular weight excluding hydrogens is 282 g/mol. The van der Waals surface area contributed by atoms with Crippen LogP contribution in [0.15, 0.2) is 40.1 Å². The van der Waals surface area contributed by atoms with Gasteiger partial charge in [0.25, 0.3) is 5.56 Å². The maximum atomic E-state index is 11.7. The number of rotatable bonds is 2. The van der Waals surface area contributed by atoms with Crippen LogP contribution in [0.3, 0.4) is 0 Å². The number of fused-ring (bicyclic) bond motifs is 1. The van der Waals surface area contributed by atoms with Crippen LogP contribution >= 0.6 is 11.6 Å². The second kappa shape index (κ2) is 4.57. The normalized spacial score (nSPS) is 11.1. The van der Waals surface area contributed by atoms with E-state index in [9.17, 15) is 14.7 Å². The Morgan fingerprint density at radius 3 is 2.70 bits per heavy atom. The maximum Gasteiger partial charge on any atom is 0.326 e. The van der Waals surface area contributed by atoms with E-state index >= 15 is 0 Å². The molecule has 0 aliphatic carbocycles. The summed E-state index contributed by atoms with van der Waals surface area (Å²) >= 11 is 6.06. The summed E-state index contributed by atoms with van der Waals surface area (Å²) < 4.78 is 1.46. The van der Waals surface area contributed by atoms with E-state index in [0.717, 1.165) is 5.56 Å². The molecule has 0 fully saturated rings. The first kappa shape index (κ1) is 12.6. The highest BCUT2D eigenvalue weighted by Gasteiger charge is 2.13. The fraction of sp³-hybridized carbons (Fsp3) is 0.0769. The van der Waals surface area contributed by atoms with Gasteiger partial charge in [0.1, 0.15) is 5.52 Å². The van der Waals surface area contributed by atoms with Gasteiger partial charge in [0.15, 0.2) is 0 Å². The van der Waals surface area contributed by atoms with Crippen molar-refractivity contribution in [2.24, 2.45) is 0 Å². The van der Waals surface area contributed by atoms with Gasteiger partial charge >= 0.3 is 5.69 Å². The van der Waals surface area contributed by atoms with E-state index in [-0.39, 0.29) is 16.8 Å². The second-order valence-corrected chi connectivity index (χ2v) is 4.78. The van der Waals surface area contributed by atoms with Crippen molar-refractivity contribution in [3.05, 3.63) is 61.9 Å². The number of aromatic nitrogens is 3. The summed E-state index contributed by atoms with van der Waals surface area (Å²) in [5.74, 6) is -0.178. The van der Waals surface area contributed by atoms with Crippen molar-refractivity contribution in [3.63, 3.8) is 0 Å². The van der Waals surface area contributed by atoms with Gasteiger partial charge in [-0.2, -0.15) is 0 Å². The molecule has 1 aromatic carbocycles. The largest absolute Gasteiger partial charge is 0.493 e. The van der Waals surface area contributed by atoms with Gasteiger partial charge < -0.3 is 14.7 Å². The number of halogens is 1. The van der Waals surface area contributed by atoms with Crippen LogP contribution in [0.4, 0.5) is 0 Å². The Hall–Kier alpha value is -2.47. The molecule has 0 saturated heterocycles. The molecule has 0 spiro atoms. The lowest BCUT2D eigenvalue weighted by Gasteiger charge is -2.06. The van der Waals surface area contributed by atoms with Crippen molar-refractivity contribution in [2.75, 3.05) is 0 Å². The summed E-state index contributed by atoms with van der Waals surface area (Å²) in [4.78, 5) is 27.4. The van der Waals surface area contributed by atoms with Crippen molar-refractivity contribution in [3.8, 4) is 5.88 Å². The Bertz CT molecular complexity index is 907. The lowest BCUT2D eigenvalue weighted by atomic mass is 10.2. The molecule has 0 radical (unpaired) electrons. The zero-order chi connectivity index (χ0) is 14.3. The first-order chi connectivity index (χ1) is 9.56. The van der Waals surface area contributed by atoms with Gasteiger partial charge in [-0.1, -0.05) is 29.8 Å². The van der Waals surface area contributed by atoms with E-state index in [0.29, 0.717) is 11.6 Å². The second-order valence-electron chi connectivity index (χ2n) is 4.37. The van der Waals surface area contributed by atoms with Gasteiger partial charge in [-0.25, -0.2) is 4.79 Å². The Morgan fingerprint density at radius 2 is 1.95 bits per heavy atom. The highest BCUT2D eigenvalue weighted by atomic mass is 35.5. The number of nitrogens with one attached hydrogen (secondary N) is 2. The minimum absolute atomic E-state index is 0.116. The first-order valence-electron chi connectivity index (χ1n) is 5.84. The summed E-state index contributed by atoms with van der Waals surface area (Å²) in [6.45, 7) is 0.293. The van der Waals surface area contributed by atoms with Gasteiger partial charge in [-0.05, 0) is 11.6 Å². The molecule has 0 bridgehead atoms. The van der Waals surface area contributed by atoms with Crippen LogP contribution in [0.1, 0.15) is 5.56 Å². The number of hydrogen-bond acceptors (Lipinski definition) is 3. The summed E-state index contributed by atoms with van der Waals surface area (Å²) in [5, 5.41) is 10.9. The van der Waals surface area contributed by atoms with E-state index < -0.39 is 11.2 Å². The van der Waals surface area contributed by atoms with E-state index in [2.05, 4.69) is 9.97 Å². The van der Waals surface area contributed by atoms with Crippen molar-refractivity contribution in [1.82, 2.24) is 14.5 Å². The van der Waals surface area contributed by atoms with Crippen molar-refractivity contribution >= 4 is 22.5 Å². The molecule has 7 heteroatoms. The highest BCUT2D eigenvalue weighted by Crippen LogP contribution is 2.24. The molecular formula is C13H10ClN3O3. The van der Waals surface area contributed by atoms with Crippen LogP contribution < -0.4 is 11.2 Å². The Labute approximate surface area is 117 Å². The minimum atomic E-state index is -0.659. The predicted molar refractivity (Wildman–Crippen MR) is 75.4 cm³/mol. The van der Waals surface area contributed by atoms with Gasteiger partial charge in [-0.15, -0.1) is 0 Å². The van der Waals surface area contributed by atoms with E-state index in [1.165, 1.54) is 10.8 Å². The van der Waals surface area contributed by atoms with E-state index in [1.54, 1.807) is 12.1 Å². The predicted octanol–water partition coefficient (Wildman–Crippen LogP) is 1.43. The molecule has 3 N–H and O–H groups in total. The monoisotopic (exact) mass is 291 g/mol. The number of aromatic hydroxyl groups is 1. The van der Waals surface area contributed by atoms with Gasteiger partial charge in [-0.3, -0.25) is 9.78 Å². The summed E-state index contributed by atoms with van der Waals surface area (Å²) in [5.41, 5.74) is -0.292. The molecule has 2 aromatic heterocycles. The van der Waals surface area contributed by atoms with Crippen LogP contribution in [-0.2, 0) is 6.54 Å². The SMILES string of the molecule is O=c1[nH]c(=O)c2cn(Cc3ccccc3Cl)c(O)c2[nH]1. The molecule has 102 valence electrons. The summed E-state index contributed by atoms with van der Waals surface area (Å²) in [7, 11) is 0. The lowest BCUT2D eigenvalue weighted by Crippen LogP contribution is -2.20. The lowest BCUT2D eigenvalue weighted by molar-refractivity contribution is 0.429. The number of benzene rings is 1.